The molecule has 4 bridgehead atoms. The second-order valence-corrected chi connectivity index (χ2v) is 6.19. The Balaban J connectivity index is 1.94. The lowest BCUT2D eigenvalue weighted by atomic mass is 9.47. The molecular formula is C13H19NO2. The van der Waals surface area contributed by atoms with Gasteiger partial charge in [-0.3, -0.25) is 4.79 Å². The van der Waals surface area contributed by atoms with Gasteiger partial charge in [0.05, 0.1) is 5.60 Å². The normalized spacial score (nSPS) is 50.1. The van der Waals surface area contributed by atoms with Crippen molar-refractivity contribution in [2.45, 2.75) is 44.1 Å². The number of rotatable bonds is 2. The molecule has 0 aromatic heterocycles. The fourth-order valence-corrected chi connectivity index (χ4v) is 4.77. The highest BCUT2D eigenvalue weighted by atomic mass is 16.3. The Kier molecular flexibility index (Phi) is 2.00. The van der Waals surface area contributed by atoms with Crippen LogP contribution in [0.4, 0.5) is 0 Å². The van der Waals surface area contributed by atoms with Gasteiger partial charge in [0.15, 0.2) is 5.78 Å². The van der Waals surface area contributed by atoms with E-state index in [0.717, 1.165) is 25.7 Å². The Morgan fingerprint density at radius 2 is 1.88 bits per heavy atom. The number of hydrogen-bond donors (Lipinski definition) is 2. The van der Waals surface area contributed by atoms with Crippen molar-refractivity contribution in [1.29, 1.82) is 0 Å². The molecule has 0 aromatic rings. The maximum absolute atomic E-state index is 12.2. The molecule has 4 aliphatic carbocycles. The minimum atomic E-state index is -0.553. The van der Waals surface area contributed by atoms with E-state index in [1.807, 2.05) is 0 Å². The maximum Gasteiger partial charge on any atom is 0.163 e. The first-order chi connectivity index (χ1) is 7.55. The van der Waals surface area contributed by atoms with E-state index in [1.165, 1.54) is 18.7 Å². The van der Waals surface area contributed by atoms with Gasteiger partial charge in [0.25, 0.3) is 0 Å². The summed E-state index contributed by atoms with van der Waals surface area (Å²) < 4.78 is 0. The largest absolute Gasteiger partial charge is 0.404 e. The van der Waals surface area contributed by atoms with Gasteiger partial charge in [-0.15, -0.1) is 0 Å². The Morgan fingerprint density at radius 1 is 1.25 bits per heavy atom. The highest BCUT2D eigenvalue weighted by Gasteiger charge is 2.59. The van der Waals surface area contributed by atoms with Gasteiger partial charge in [0, 0.05) is 5.41 Å². The van der Waals surface area contributed by atoms with Crippen LogP contribution < -0.4 is 5.73 Å². The molecule has 3 N–H and O–H groups in total. The highest BCUT2D eigenvalue weighted by Crippen LogP contribution is 2.61. The van der Waals surface area contributed by atoms with Crippen LogP contribution in [0.1, 0.15) is 38.5 Å². The van der Waals surface area contributed by atoms with Crippen molar-refractivity contribution < 1.29 is 9.90 Å². The van der Waals surface area contributed by atoms with E-state index in [0.29, 0.717) is 18.3 Å². The SMILES string of the molecule is N/C=C/C(=O)C12CC3CC(CC(O)(C3)C1)C2. The summed E-state index contributed by atoms with van der Waals surface area (Å²) in [5.41, 5.74) is 4.48. The van der Waals surface area contributed by atoms with Crippen molar-refractivity contribution in [3.05, 3.63) is 12.3 Å². The highest BCUT2D eigenvalue weighted by molar-refractivity contribution is 5.95. The second kappa shape index (κ2) is 3.10. The van der Waals surface area contributed by atoms with Crippen molar-refractivity contribution in [3.8, 4) is 0 Å². The van der Waals surface area contributed by atoms with Crippen molar-refractivity contribution in [3.63, 3.8) is 0 Å². The molecule has 4 aliphatic rings. The van der Waals surface area contributed by atoms with Gasteiger partial charge in [0.2, 0.25) is 0 Å². The summed E-state index contributed by atoms with van der Waals surface area (Å²) >= 11 is 0. The van der Waals surface area contributed by atoms with Gasteiger partial charge in [0.1, 0.15) is 0 Å². The molecule has 2 unspecified atom stereocenters. The molecule has 16 heavy (non-hydrogen) atoms. The Hall–Kier alpha value is -0.830. The van der Waals surface area contributed by atoms with Gasteiger partial charge in [-0.05, 0) is 62.6 Å². The van der Waals surface area contributed by atoms with E-state index in [1.54, 1.807) is 0 Å². The molecule has 0 saturated heterocycles. The third-order valence-corrected chi connectivity index (χ3v) is 4.80. The van der Waals surface area contributed by atoms with Gasteiger partial charge in [-0.1, -0.05) is 0 Å². The summed E-state index contributed by atoms with van der Waals surface area (Å²) in [5, 5.41) is 10.5. The van der Waals surface area contributed by atoms with Crippen LogP contribution in [0.25, 0.3) is 0 Å². The molecular weight excluding hydrogens is 202 g/mol. The molecule has 2 atom stereocenters. The zero-order valence-electron chi connectivity index (χ0n) is 9.48. The molecule has 4 fully saturated rings. The van der Waals surface area contributed by atoms with Gasteiger partial charge in [-0.2, -0.15) is 0 Å². The van der Waals surface area contributed by atoms with Crippen molar-refractivity contribution >= 4 is 5.78 Å². The number of allylic oxidation sites excluding steroid dienone is 1. The Labute approximate surface area is 95.7 Å². The smallest absolute Gasteiger partial charge is 0.163 e. The average Bonchev–Trinajstić information content (AvgIpc) is 2.13. The molecule has 0 spiro atoms. The topological polar surface area (TPSA) is 63.3 Å². The molecule has 0 radical (unpaired) electrons. The lowest BCUT2D eigenvalue weighted by Gasteiger charge is -2.59. The van der Waals surface area contributed by atoms with Gasteiger partial charge in [-0.25, -0.2) is 0 Å². The fraction of sp³-hybridized carbons (Fsp3) is 0.769. The molecule has 4 rings (SSSR count). The van der Waals surface area contributed by atoms with E-state index >= 15 is 0 Å². The van der Waals surface area contributed by atoms with Crippen LogP contribution in [0.2, 0.25) is 0 Å². The molecule has 3 heteroatoms. The van der Waals surface area contributed by atoms with Crippen molar-refractivity contribution in [2.75, 3.05) is 0 Å². The average molecular weight is 221 g/mol. The molecule has 0 aromatic carbocycles. The van der Waals surface area contributed by atoms with E-state index in [2.05, 4.69) is 0 Å². The zero-order valence-corrected chi connectivity index (χ0v) is 9.48. The molecule has 0 heterocycles. The van der Waals surface area contributed by atoms with E-state index in [9.17, 15) is 9.90 Å². The maximum atomic E-state index is 12.2. The molecule has 3 nitrogen and oxygen atoms in total. The van der Waals surface area contributed by atoms with E-state index in [-0.39, 0.29) is 11.2 Å². The summed E-state index contributed by atoms with van der Waals surface area (Å²) in [5.74, 6) is 1.25. The predicted octanol–water partition coefficient (Wildman–Crippen LogP) is 1.36. The zero-order chi connectivity index (χ0) is 11.4. The third kappa shape index (κ3) is 1.34. The molecule has 88 valence electrons. The van der Waals surface area contributed by atoms with Crippen LogP contribution in [-0.2, 0) is 4.79 Å². The predicted molar refractivity (Wildman–Crippen MR) is 60.4 cm³/mol. The van der Waals surface area contributed by atoms with Crippen LogP contribution in [0.15, 0.2) is 12.3 Å². The number of hydrogen-bond acceptors (Lipinski definition) is 3. The summed E-state index contributed by atoms with van der Waals surface area (Å²) in [4.78, 5) is 12.2. The summed E-state index contributed by atoms with van der Waals surface area (Å²) in [6.45, 7) is 0. The van der Waals surface area contributed by atoms with Crippen molar-refractivity contribution in [1.82, 2.24) is 0 Å². The summed E-state index contributed by atoms with van der Waals surface area (Å²) in [7, 11) is 0. The number of ketones is 1. The van der Waals surface area contributed by atoms with E-state index in [4.69, 9.17) is 5.73 Å². The fourth-order valence-electron chi connectivity index (χ4n) is 4.77. The number of carbonyl (C=O) groups excluding carboxylic acids is 1. The minimum Gasteiger partial charge on any atom is -0.404 e. The summed E-state index contributed by atoms with van der Waals surface area (Å²) in [6, 6.07) is 0. The number of carbonyl (C=O) groups is 1. The quantitative estimate of drug-likeness (QED) is 0.692. The Bertz CT molecular complexity index is 347. The second-order valence-electron chi connectivity index (χ2n) is 6.19. The first-order valence-corrected chi connectivity index (χ1v) is 6.20. The van der Waals surface area contributed by atoms with Crippen LogP contribution in [0.5, 0.6) is 0 Å². The van der Waals surface area contributed by atoms with E-state index < -0.39 is 5.60 Å². The lowest BCUT2D eigenvalue weighted by Crippen LogP contribution is -2.57. The minimum absolute atomic E-state index is 0.141. The summed E-state index contributed by atoms with van der Waals surface area (Å²) in [6.07, 6.45) is 8.46. The number of nitrogens with two attached hydrogens (primary N) is 1. The van der Waals surface area contributed by atoms with Crippen molar-refractivity contribution in [2.24, 2.45) is 23.0 Å². The lowest BCUT2D eigenvalue weighted by molar-refractivity contribution is -0.173. The monoisotopic (exact) mass is 221 g/mol. The van der Waals surface area contributed by atoms with Crippen LogP contribution >= 0.6 is 0 Å². The standard InChI is InChI=1S/C13H19NO2/c14-2-1-11(15)12-4-9-3-10(5-12)7-13(16,6-9)8-12/h1-2,9-10,16H,3-8,14H2/b2-1+. The van der Waals surface area contributed by atoms with Crippen LogP contribution in [-0.4, -0.2) is 16.5 Å². The molecule has 4 saturated carbocycles. The molecule has 0 amide bonds. The first-order valence-electron chi connectivity index (χ1n) is 6.20. The van der Waals surface area contributed by atoms with Crippen LogP contribution in [0.3, 0.4) is 0 Å². The first kappa shape index (κ1) is 10.3. The number of aliphatic hydroxyl groups is 1. The molecule has 0 aliphatic heterocycles. The van der Waals surface area contributed by atoms with Gasteiger partial charge < -0.3 is 10.8 Å². The third-order valence-electron chi connectivity index (χ3n) is 4.80. The van der Waals surface area contributed by atoms with Crippen LogP contribution in [0, 0.1) is 17.3 Å². The van der Waals surface area contributed by atoms with Gasteiger partial charge >= 0.3 is 0 Å². The Morgan fingerprint density at radius 3 is 2.38 bits per heavy atom.